The van der Waals surface area contributed by atoms with Crippen LogP contribution in [-0.2, 0) is 11.2 Å². The van der Waals surface area contributed by atoms with Gasteiger partial charge in [-0.15, -0.1) is 11.3 Å². The summed E-state index contributed by atoms with van der Waals surface area (Å²) in [4.78, 5) is 20.5. The van der Waals surface area contributed by atoms with E-state index in [1.807, 2.05) is 53.6 Å². The predicted molar refractivity (Wildman–Crippen MR) is 105 cm³/mol. The van der Waals surface area contributed by atoms with Crippen LogP contribution in [0.4, 0.5) is 0 Å². The monoisotopic (exact) mass is 382 g/mol. The number of benzene rings is 1. The quantitative estimate of drug-likeness (QED) is 0.646. The summed E-state index contributed by atoms with van der Waals surface area (Å²) in [5.41, 5.74) is 1.88. The number of likely N-dealkylation sites (tertiary alicyclic amines) is 1. The van der Waals surface area contributed by atoms with Gasteiger partial charge in [0.1, 0.15) is 11.5 Å². The minimum atomic E-state index is 0.0995. The van der Waals surface area contributed by atoms with Gasteiger partial charge in [0.25, 0.3) is 0 Å². The molecule has 1 amide bonds. The standard InChI is InChI=1S/C21H22N2O3S/c1-14-17(22-21(26-14)19-6-4-12-27-19)13-20(24)23-11-3-5-18(23)15-7-9-16(25-2)10-8-15/h4,6-10,12,18H,3,5,11,13H2,1-2H3. The summed E-state index contributed by atoms with van der Waals surface area (Å²) >= 11 is 1.58. The minimum absolute atomic E-state index is 0.0995. The Morgan fingerprint density at radius 1 is 1.33 bits per heavy atom. The van der Waals surface area contributed by atoms with Crippen molar-refractivity contribution in [1.29, 1.82) is 0 Å². The number of aromatic nitrogens is 1. The fourth-order valence-electron chi connectivity index (χ4n) is 3.58. The first-order valence-corrected chi connectivity index (χ1v) is 9.97. The zero-order chi connectivity index (χ0) is 18.8. The number of carbonyl (C=O) groups is 1. The summed E-state index contributed by atoms with van der Waals surface area (Å²) in [5.74, 6) is 2.24. The average molecular weight is 382 g/mol. The van der Waals surface area contributed by atoms with Gasteiger partial charge in [0, 0.05) is 6.54 Å². The second kappa shape index (κ2) is 7.56. The molecule has 1 aromatic carbocycles. The largest absolute Gasteiger partial charge is 0.497 e. The van der Waals surface area contributed by atoms with Crippen LogP contribution in [0.5, 0.6) is 5.75 Å². The molecule has 3 heterocycles. The van der Waals surface area contributed by atoms with Crippen molar-refractivity contribution in [2.24, 2.45) is 0 Å². The number of nitrogens with zero attached hydrogens (tertiary/aromatic N) is 2. The fourth-order valence-corrected chi connectivity index (χ4v) is 4.23. The maximum atomic E-state index is 13.0. The summed E-state index contributed by atoms with van der Waals surface area (Å²) in [6.45, 7) is 2.65. The normalized spacial score (nSPS) is 16.7. The fraction of sp³-hybridized carbons (Fsp3) is 0.333. The second-order valence-electron chi connectivity index (χ2n) is 6.69. The molecule has 0 saturated carbocycles. The molecule has 5 nitrogen and oxygen atoms in total. The van der Waals surface area contributed by atoms with Crippen molar-refractivity contribution in [2.45, 2.75) is 32.2 Å². The first-order chi connectivity index (χ1) is 13.2. The Morgan fingerprint density at radius 3 is 2.85 bits per heavy atom. The number of carbonyl (C=O) groups excluding carboxylic acids is 1. The van der Waals surface area contributed by atoms with E-state index in [2.05, 4.69) is 4.98 Å². The highest BCUT2D eigenvalue weighted by atomic mass is 32.1. The van der Waals surface area contributed by atoms with E-state index in [9.17, 15) is 4.79 Å². The molecule has 0 aliphatic carbocycles. The van der Waals surface area contributed by atoms with Crippen molar-refractivity contribution in [3.63, 3.8) is 0 Å². The van der Waals surface area contributed by atoms with E-state index in [0.29, 0.717) is 11.7 Å². The third-order valence-corrected chi connectivity index (χ3v) is 5.87. The van der Waals surface area contributed by atoms with Gasteiger partial charge in [-0.2, -0.15) is 0 Å². The lowest BCUT2D eigenvalue weighted by Gasteiger charge is -2.25. The van der Waals surface area contributed by atoms with Crippen molar-refractivity contribution in [3.8, 4) is 16.5 Å². The third kappa shape index (κ3) is 3.62. The Morgan fingerprint density at radius 2 is 2.15 bits per heavy atom. The molecule has 1 unspecified atom stereocenters. The number of amides is 1. The molecule has 0 spiro atoms. The molecule has 3 aromatic rings. The number of hydrogen-bond acceptors (Lipinski definition) is 5. The molecule has 6 heteroatoms. The Balaban J connectivity index is 1.50. The number of hydrogen-bond donors (Lipinski definition) is 0. The van der Waals surface area contributed by atoms with Crippen LogP contribution in [0.15, 0.2) is 46.2 Å². The van der Waals surface area contributed by atoms with Crippen molar-refractivity contribution < 1.29 is 13.9 Å². The molecule has 0 N–H and O–H groups in total. The summed E-state index contributed by atoms with van der Waals surface area (Å²) in [7, 11) is 1.66. The molecule has 27 heavy (non-hydrogen) atoms. The van der Waals surface area contributed by atoms with Crippen molar-refractivity contribution in [1.82, 2.24) is 9.88 Å². The van der Waals surface area contributed by atoms with E-state index < -0.39 is 0 Å². The number of methoxy groups -OCH3 is 1. The third-order valence-electron chi connectivity index (χ3n) is 5.02. The van der Waals surface area contributed by atoms with Crippen LogP contribution in [0, 0.1) is 6.92 Å². The summed E-state index contributed by atoms with van der Waals surface area (Å²) < 4.78 is 11.0. The van der Waals surface area contributed by atoms with Gasteiger partial charge < -0.3 is 14.1 Å². The Kier molecular flexibility index (Phi) is 4.99. The van der Waals surface area contributed by atoms with Gasteiger partial charge >= 0.3 is 0 Å². The Bertz CT molecular complexity index is 916. The van der Waals surface area contributed by atoms with Crippen LogP contribution >= 0.6 is 11.3 Å². The average Bonchev–Trinajstić information content (AvgIpc) is 3.43. The van der Waals surface area contributed by atoms with Gasteiger partial charge in [-0.05, 0) is 48.9 Å². The molecule has 1 aliphatic rings. The van der Waals surface area contributed by atoms with Crippen LogP contribution in [0.3, 0.4) is 0 Å². The molecule has 4 rings (SSSR count). The summed E-state index contributed by atoms with van der Waals surface area (Å²) in [6, 6.07) is 12.1. The highest BCUT2D eigenvalue weighted by molar-refractivity contribution is 7.13. The number of aryl methyl sites for hydroxylation is 1. The van der Waals surface area contributed by atoms with Crippen LogP contribution < -0.4 is 4.74 Å². The predicted octanol–water partition coefficient (Wildman–Crippen LogP) is 4.63. The first-order valence-electron chi connectivity index (χ1n) is 9.09. The maximum absolute atomic E-state index is 13.0. The summed E-state index contributed by atoms with van der Waals surface area (Å²) in [5, 5.41) is 1.99. The van der Waals surface area contributed by atoms with E-state index in [-0.39, 0.29) is 18.4 Å². The highest BCUT2D eigenvalue weighted by Crippen LogP contribution is 2.34. The van der Waals surface area contributed by atoms with Gasteiger partial charge in [-0.25, -0.2) is 4.98 Å². The number of thiophene rings is 1. The molecule has 1 atom stereocenters. The zero-order valence-electron chi connectivity index (χ0n) is 15.5. The van der Waals surface area contributed by atoms with Crippen LogP contribution in [0.2, 0.25) is 0 Å². The number of rotatable bonds is 5. The van der Waals surface area contributed by atoms with Gasteiger partial charge in [0.2, 0.25) is 11.8 Å². The first kappa shape index (κ1) is 17.8. The highest BCUT2D eigenvalue weighted by Gasteiger charge is 2.30. The molecule has 0 radical (unpaired) electrons. The second-order valence-corrected chi connectivity index (χ2v) is 7.64. The van der Waals surface area contributed by atoms with Gasteiger partial charge in [0.15, 0.2) is 0 Å². The van der Waals surface area contributed by atoms with Crippen molar-refractivity contribution in [2.75, 3.05) is 13.7 Å². The minimum Gasteiger partial charge on any atom is -0.497 e. The van der Waals surface area contributed by atoms with Crippen LogP contribution in [-0.4, -0.2) is 29.4 Å². The molecule has 140 valence electrons. The molecule has 1 fully saturated rings. The van der Waals surface area contributed by atoms with Crippen molar-refractivity contribution >= 4 is 17.2 Å². The number of ether oxygens (including phenoxy) is 1. The summed E-state index contributed by atoms with van der Waals surface area (Å²) in [6.07, 6.45) is 2.27. The molecular weight excluding hydrogens is 360 g/mol. The van der Waals surface area contributed by atoms with E-state index >= 15 is 0 Å². The molecule has 2 aromatic heterocycles. The number of oxazole rings is 1. The lowest BCUT2D eigenvalue weighted by Crippen LogP contribution is -2.32. The molecule has 0 bridgehead atoms. The van der Waals surface area contributed by atoms with E-state index in [4.69, 9.17) is 9.15 Å². The topological polar surface area (TPSA) is 55.6 Å². The zero-order valence-corrected chi connectivity index (χ0v) is 16.3. The molecular formula is C21H22N2O3S. The SMILES string of the molecule is COc1ccc(C2CCCN2C(=O)Cc2nc(-c3cccs3)oc2C)cc1. The maximum Gasteiger partial charge on any atom is 0.236 e. The van der Waals surface area contributed by atoms with E-state index in [1.165, 1.54) is 0 Å². The lowest BCUT2D eigenvalue weighted by molar-refractivity contribution is -0.131. The Labute approximate surface area is 162 Å². The molecule has 1 saturated heterocycles. The Hall–Kier alpha value is -2.60. The molecule has 1 aliphatic heterocycles. The van der Waals surface area contributed by atoms with Gasteiger partial charge in [-0.3, -0.25) is 4.79 Å². The van der Waals surface area contributed by atoms with E-state index in [1.54, 1.807) is 18.4 Å². The van der Waals surface area contributed by atoms with Crippen LogP contribution in [0.1, 0.15) is 35.9 Å². The van der Waals surface area contributed by atoms with E-state index in [0.717, 1.165) is 41.3 Å². The smallest absolute Gasteiger partial charge is 0.236 e. The lowest BCUT2D eigenvalue weighted by atomic mass is 10.0. The van der Waals surface area contributed by atoms with Gasteiger partial charge in [0.05, 0.1) is 30.1 Å². The van der Waals surface area contributed by atoms with Gasteiger partial charge in [-0.1, -0.05) is 18.2 Å². The van der Waals surface area contributed by atoms with Crippen LogP contribution in [0.25, 0.3) is 10.8 Å². The van der Waals surface area contributed by atoms with Crippen molar-refractivity contribution in [3.05, 3.63) is 58.8 Å².